The molecular formula is C13H16N2OS. The Hall–Kier alpha value is -1.55. The molecule has 1 heterocycles. The number of methoxy groups -OCH3 is 1. The molecule has 2 aromatic rings. The number of nitrogens with zero attached hydrogens (tertiary/aromatic N) is 1. The fraction of sp³-hybridized carbons (Fsp3) is 0.308. The molecule has 0 radical (unpaired) electrons. The van der Waals surface area contributed by atoms with Gasteiger partial charge in [-0.3, -0.25) is 0 Å². The van der Waals surface area contributed by atoms with Crippen molar-refractivity contribution in [2.45, 2.75) is 19.8 Å². The molecule has 0 saturated carbocycles. The van der Waals surface area contributed by atoms with E-state index in [1.807, 2.05) is 25.1 Å². The van der Waals surface area contributed by atoms with Crippen molar-refractivity contribution in [3.8, 4) is 5.75 Å². The molecule has 0 fully saturated rings. The first-order valence-electron chi connectivity index (χ1n) is 5.54. The van der Waals surface area contributed by atoms with Crippen molar-refractivity contribution in [1.29, 1.82) is 0 Å². The number of aryl methyl sites for hydroxylation is 3. The number of nitrogen functional groups attached to an aromatic ring is 1. The summed E-state index contributed by atoms with van der Waals surface area (Å²) >= 11 is 1.57. The summed E-state index contributed by atoms with van der Waals surface area (Å²) < 4.78 is 5.33. The number of thiazole rings is 1. The molecule has 0 aliphatic heterocycles. The van der Waals surface area contributed by atoms with Crippen molar-refractivity contribution in [1.82, 2.24) is 4.98 Å². The van der Waals surface area contributed by atoms with Crippen LogP contribution in [0.25, 0.3) is 0 Å². The zero-order chi connectivity index (χ0) is 12.3. The van der Waals surface area contributed by atoms with Gasteiger partial charge in [-0.25, -0.2) is 4.98 Å². The molecule has 1 aromatic carbocycles. The summed E-state index contributed by atoms with van der Waals surface area (Å²) in [5, 5.41) is 0.650. The SMILES string of the molecule is COc1ccccc1CCc1sc(N)nc1C. The van der Waals surface area contributed by atoms with Gasteiger partial charge in [0.15, 0.2) is 5.13 Å². The van der Waals surface area contributed by atoms with Gasteiger partial charge in [-0.2, -0.15) is 0 Å². The van der Waals surface area contributed by atoms with E-state index in [1.165, 1.54) is 10.4 Å². The summed E-state index contributed by atoms with van der Waals surface area (Å²) in [6.07, 6.45) is 1.91. The fourth-order valence-electron chi connectivity index (χ4n) is 1.84. The van der Waals surface area contributed by atoms with E-state index < -0.39 is 0 Å². The second-order valence-corrected chi connectivity index (χ2v) is 4.99. The van der Waals surface area contributed by atoms with Crippen LogP contribution in [0.1, 0.15) is 16.1 Å². The molecule has 0 amide bonds. The summed E-state index contributed by atoms with van der Waals surface area (Å²) in [5.74, 6) is 0.947. The predicted molar refractivity (Wildman–Crippen MR) is 71.7 cm³/mol. The van der Waals surface area contributed by atoms with Gasteiger partial charge in [0.25, 0.3) is 0 Å². The molecule has 3 nitrogen and oxygen atoms in total. The lowest BCUT2D eigenvalue weighted by molar-refractivity contribution is 0.409. The topological polar surface area (TPSA) is 48.1 Å². The molecule has 0 aliphatic carbocycles. The van der Waals surface area contributed by atoms with Gasteiger partial charge in [-0.15, -0.1) is 11.3 Å². The van der Waals surface area contributed by atoms with Crippen molar-refractivity contribution in [2.24, 2.45) is 0 Å². The number of aromatic nitrogens is 1. The number of hydrogen-bond donors (Lipinski definition) is 1. The predicted octanol–water partition coefficient (Wildman–Crippen LogP) is 2.83. The molecule has 17 heavy (non-hydrogen) atoms. The first-order chi connectivity index (χ1) is 8.20. The van der Waals surface area contributed by atoms with Gasteiger partial charge < -0.3 is 10.5 Å². The Bertz CT molecular complexity index is 508. The van der Waals surface area contributed by atoms with Crippen molar-refractivity contribution >= 4 is 16.5 Å². The number of nitrogens with two attached hydrogens (primary N) is 1. The standard InChI is InChI=1S/C13H16N2OS/c1-9-12(17-13(14)15-9)8-7-10-5-3-4-6-11(10)16-2/h3-6H,7-8H2,1-2H3,(H2,14,15). The molecule has 0 bridgehead atoms. The molecular weight excluding hydrogens is 232 g/mol. The van der Waals surface area contributed by atoms with Crippen LogP contribution >= 0.6 is 11.3 Å². The number of benzene rings is 1. The van der Waals surface area contributed by atoms with E-state index in [0.29, 0.717) is 5.13 Å². The molecule has 0 atom stereocenters. The Balaban J connectivity index is 2.09. The largest absolute Gasteiger partial charge is 0.496 e. The maximum atomic E-state index is 5.69. The quantitative estimate of drug-likeness (QED) is 0.905. The zero-order valence-electron chi connectivity index (χ0n) is 10.1. The lowest BCUT2D eigenvalue weighted by atomic mass is 10.1. The van der Waals surface area contributed by atoms with Crippen molar-refractivity contribution in [3.63, 3.8) is 0 Å². The van der Waals surface area contributed by atoms with E-state index in [0.717, 1.165) is 24.3 Å². The van der Waals surface area contributed by atoms with Gasteiger partial charge in [0, 0.05) is 4.88 Å². The van der Waals surface area contributed by atoms with E-state index in [1.54, 1.807) is 18.4 Å². The van der Waals surface area contributed by atoms with Crippen LogP contribution in [0.5, 0.6) is 5.75 Å². The minimum absolute atomic E-state index is 0.650. The van der Waals surface area contributed by atoms with Crippen LogP contribution < -0.4 is 10.5 Å². The average Bonchev–Trinajstić information content (AvgIpc) is 2.65. The molecule has 0 aliphatic rings. The Morgan fingerprint density at radius 2 is 2.06 bits per heavy atom. The fourth-order valence-corrected chi connectivity index (χ4v) is 2.67. The molecule has 0 unspecified atom stereocenters. The van der Waals surface area contributed by atoms with Crippen LogP contribution in [0.3, 0.4) is 0 Å². The van der Waals surface area contributed by atoms with Crippen molar-refractivity contribution < 1.29 is 4.74 Å². The van der Waals surface area contributed by atoms with Gasteiger partial charge in [0.2, 0.25) is 0 Å². The minimum atomic E-state index is 0.650. The van der Waals surface area contributed by atoms with Crippen molar-refractivity contribution in [3.05, 3.63) is 40.4 Å². The highest BCUT2D eigenvalue weighted by Crippen LogP contribution is 2.24. The highest BCUT2D eigenvalue weighted by atomic mass is 32.1. The number of para-hydroxylation sites is 1. The van der Waals surface area contributed by atoms with Crippen LogP contribution in [-0.2, 0) is 12.8 Å². The molecule has 4 heteroatoms. The summed E-state index contributed by atoms with van der Waals surface area (Å²) in [6, 6.07) is 8.10. The Kier molecular flexibility index (Phi) is 3.64. The van der Waals surface area contributed by atoms with Gasteiger partial charge in [-0.05, 0) is 31.4 Å². The molecule has 2 N–H and O–H groups in total. The second kappa shape index (κ2) is 5.19. The third-order valence-corrected chi connectivity index (χ3v) is 3.77. The smallest absolute Gasteiger partial charge is 0.180 e. The summed E-state index contributed by atoms with van der Waals surface area (Å²) in [6.45, 7) is 2.00. The van der Waals surface area contributed by atoms with Gasteiger partial charge >= 0.3 is 0 Å². The number of hydrogen-bond acceptors (Lipinski definition) is 4. The second-order valence-electron chi connectivity index (χ2n) is 3.87. The average molecular weight is 248 g/mol. The van der Waals surface area contributed by atoms with Gasteiger partial charge in [0.05, 0.1) is 12.8 Å². The summed E-state index contributed by atoms with van der Waals surface area (Å²) in [7, 11) is 1.70. The highest BCUT2D eigenvalue weighted by Gasteiger charge is 2.07. The lowest BCUT2D eigenvalue weighted by Gasteiger charge is -2.07. The Morgan fingerprint density at radius 1 is 1.29 bits per heavy atom. The van der Waals surface area contributed by atoms with E-state index in [4.69, 9.17) is 10.5 Å². The van der Waals surface area contributed by atoms with E-state index in [9.17, 15) is 0 Å². The molecule has 90 valence electrons. The minimum Gasteiger partial charge on any atom is -0.496 e. The lowest BCUT2D eigenvalue weighted by Crippen LogP contribution is -1.95. The molecule has 2 rings (SSSR count). The maximum absolute atomic E-state index is 5.69. The van der Waals surface area contributed by atoms with E-state index in [-0.39, 0.29) is 0 Å². The van der Waals surface area contributed by atoms with E-state index >= 15 is 0 Å². The first kappa shape index (κ1) is 11.9. The van der Waals surface area contributed by atoms with Gasteiger partial charge in [-0.1, -0.05) is 18.2 Å². The van der Waals surface area contributed by atoms with Crippen molar-refractivity contribution in [2.75, 3.05) is 12.8 Å². The van der Waals surface area contributed by atoms with E-state index in [2.05, 4.69) is 11.1 Å². The highest BCUT2D eigenvalue weighted by molar-refractivity contribution is 7.15. The zero-order valence-corrected chi connectivity index (χ0v) is 10.9. The molecule has 0 spiro atoms. The number of anilines is 1. The molecule has 0 saturated heterocycles. The molecule has 1 aromatic heterocycles. The van der Waals surface area contributed by atoms with Crippen LogP contribution in [0.2, 0.25) is 0 Å². The number of rotatable bonds is 4. The number of ether oxygens (including phenoxy) is 1. The third kappa shape index (κ3) is 2.77. The van der Waals surface area contributed by atoms with Gasteiger partial charge in [0.1, 0.15) is 5.75 Å². The summed E-state index contributed by atoms with van der Waals surface area (Å²) in [5.41, 5.74) is 7.95. The van der Waals surface area contributed by atoms with Crippen LogP contribution in [0.15, 0.2) is 24.3 Å². The van der Waals surface area contributed by atoms with Crippen LogP contribution in [0.4, 0.5) is 5.13 Å². The van der Waals surface area contributed by atoms with Crippen LogP contribution in [-0.4, -0.2) is 12.1 Å². The monoisotopic (exact) mass is 248 g/mol. The maximum Gasteiger partial charge on any atom is 0.180 e. The third-order valence-electron chi connectivity index (χ3n) is 2.72. The Labute approximate surface area is 105 Å². The summed E-state index contributed by atoms with van der Waals surface area (Å²) in [4.78, 5) is 5.49. The first-order valence-corrected chi connectivity index (χ1v) is 6.36. The normalized spacial score (nSPS) is 10.5. The van der Waals surface area contributed by atoms with Crippen LogP contribution in [0, 0.1) is 6.92 Å². The Morgan fingerprint density at radius 3 is 2.71 bits per heavy atom.